The Kier molecular flexibility index (Phi) is 4.27. The highest BCUT2D eigenvalue weighted by Crippen LogP contribution is 2.36. The minimum atomic E-state index is -0.780. The predicted octanol–water partition coefficient (Wildman–Crippen LogP) is -0.438. The van der Waals surface area contributed by atoms with Crippen LogP contribution in [0.5, 0.6) is 0 Å². The van der Waals surface area contributed by atoms with Gasteiger partial charge in [-0.2, -0.15) is 0 Å². The largest absolute Gasteiger partial charge is 0.353 e. The van der Waals surface area contributed by atoms with Crippen LogP contribution in [0.15, 0.2) is 0 Å². The van der Waals surface area contributed by atoms with E-state index in [0.29, 0.717) is 31.8 Å². The summed E-state index contributed by atoms with van der Waals surface area (Å²) in [6, 6.07) is -0.465. The van der Waals surface area contributed by atoms with Crippen molar-refractivity contribution in [2.75, 3.05) is 19.6 Å². The monoisotopic (exact) mass is 282 g/mol. The molecular formula is C13H22N4O3. The first kappa shape index (κ1) is 14.8. The van der Waals surface area contributed by atoms with E-state index in [-0.39, 0.29) is 18.4 Å². The Hall–Kier alpha value is -1.63. The Labute approximate surface area is 118 Å². The van der Waals surface area contributed by atoms with Crippen molar-refractivity contribution in [3.05, 3.63) is 0 Å². The van der Waals surface area contributed by atoms with Gasteiger partial charge >= 0.3 is 6.03 Å². The van der Waals surface area contributed by atoms with Crippen molar-refractivity contribution in [1.29, 1.82) is 0 Å². The lowest BCUT2D eigenvalue weighted by molar-refractivity contribution is -0.136. The van der Waals surface area contributed by atoms with Gasteiger partial charge in [-0.15, -0.1) is 0 Å². The van der Waals surface area contributed by atoms with Crippen LogP contribution in [-0.2, 0) is 9.59 Å². The molecular weight excluding hydrogens is 260 g/mol. The molecule has 1 aliphatic carbocycles. The van der Waals surface area contributed by atoms with Gasteiger partial charge in [-0.3, -0.25) is 14.5 Å². The maximum Gasteiger partial charge on any atom is 0.325 e. The van der Waals surface area contributed by atoms with E-state index in [4.69, 9.17) is 5.73 Å². The second kappa shape index (κ2) is 5.78. The summed E-state index contributed by atoms with van der Waals surface area (Å²) in [6.45, 7) is 2.58. The van der Waals surface area contributed by atoms with Crippen LogP contribution in [0.4, 0.5) is 4.79 Å². The minimum absolute atomic E-state index is 0.234. The Morgan fingerprint density at radius 3 is 2.70 bits per heavy atom. The van der Waals surface area contributed by atoms with Gasteiger partial charge in [-0.25, -0.2) is 4.79 Å². The minimum Gasteiger partial charge on any atom is -0.353 e. The molecule has 2 rings (SSSR count). The molecule has 1 saturated carbocycles. The first-order chi connectivity index (χ1) is 9.48. The maximum absolute atomic E-state index is 12.4. The van der Waals surface area contributed by atoms with Crippen LogP contribution in [0, 0.1) is 5.92 Å². The Morgan fingerprint density at radius 2 is 2.10 bits per heavy atom. The zero-order chi connectivity index (χ0) is 14.8. The molecule has 1 saturated heterocycles. The van der Waals surface area contributed by atoms with E-state index in [1.54, 1.807) is 0 Å². The summed E-state index contributed by atoms with van der Waals surface area (Å²) in [5, 5.41) is 5.34. The number of nitrogens with zero attached hydrogens (tertiary/aromatic N) is 1. The number of amides is 4. The second-order valence-electron chi connectivity index (χ2n) is 5.72. The van der Waals surface area contributed by atoms with E-state index in [9.17, 15) is 14.4 Å². The first-order valence-corrected chi connectivity index (χ1v) is 7.09. The van der Waals surface area contributed by atoms with Gasteiger partial charge < -0.3 is 16.4 Å². The van der Waals surface area contributed by atoms with E-state index in [2.05, 4.69) is 17.6 Å². The van der Waals surface area contributed by atoms with Crippen LogP contribution in [0.1, 0.15) is 32.6 Å². The van der Waals surface area contributed by atoms with Gasteiger partial charge in [0.2, 0.25) is 5.91 Å². The molecule has 0 aromatic rings. The summed E-state index contributed by atoms with van der Waals surface area (Å²) in [7, 11) is 0. The molecule has 0 radical (unpaired) electrons. The van der Waals surface area contributed by atoms with Gasteiger partial charge in [0.05, 0.1) is 0 Å². The van der Waals surface area contributed by atoms with Gasteiger partial charge in [0.15, 0.2) is 0 Å². The van der Waals surface area contributed by atoms with Gasteiger partial charge in [0.25, 0.3) is 5.91 Å². The fourth-order valence-electron chi connectivity index (χ4n) is 2.82. The van der Waals surface area contributed by atoms with Crippen LogP contribution in [0.3, 0.4) is 0 Å². The first-order valence-electron chi connectivity index (χ1n) is 7.09. The third-order valence-electron chi connectivity index (χ3n) is 4.14. The number of nitrogens with one attached hydrogen (secondary N) is 2. The zero-order valence-electron chi connectivity index (χ0n) is 11.8. The van der Waals surface area contributed by atoms with Crippen molar-refractivity contribution < 1.29 is 14.4 Å². The zero-order valence-corrected chi connectivity index (χ0v) is 11.8. The van der Waals surface area contributed by atoms with E-state index in [1.807, 2.05) is 0 Å². The third-order valence-corrected chi connectivity index (χ3v) is 4.14. The Morgan fingerprint density at radius 1 is 1.45 bits per heavy atom. The number of carbonyl (C=O) groups is 3. The van der Waals surface area contributed by atoms with Crippen molar-refractivity contribution >= 4 is 17.8 Å². The highest BCUT2D eigenvalue weighted by atomic mass is 16.2. The Bertz CT molecular complexity index is 416. The lowest BCUT2D eigenvalue weighted by Gasteiger charge is -2.33. The number of urea groups is 1. The molecule has 2 fully saturated rings. The third kappa shape index (κ3) is 2.77. The van der Waals surface area contributed by atoms with Crippen molar-refractivity contribution in [3.63, 3.8) is 0 Å². The summed E-state index contributed by atoms with van der Waals surface area (Å²) < 4.78 is 0. The molecule has 7 nitrogen and oxygen atoms in total. The average Bonchev–Trinajstić information content (AvgIpc) is 2.65. The molecule has 0 atom stereocenters. The molecule has 1 spiro atoms. The molecule has 0 aromatic heterocycles. The Balaban J connectivity index is 2.00. The molecule has 7 heteroatoms. The second-order valence-corrected chi connectivity index (χ2v) is 5.72. The van der Waals surface area contributed by atoms with Crippen LogP contribution < -0.4 is 16.4 Å². The smallest absolute Gasteiger partial charge is 0.325 e. The standard InChI is InChI=1S/C13H22N4O3/c1-9-2-4-13(5-3-9)11(19)17(12(20)16-13)8-10(18)15-7-6-14/h9H,2-8,14H2,1H3,(H,15,18)(H,16,20). The molecule has 0 aromatic carbocycles. The van der Waals surface area contributed by atoms with Gasteiger partial charge in [-0.1, -0.05) is 6.92 Å². The molecule has 0 bridgehead atoms. The lowest BCUT2D eigenvalue weighted by atomic mass is 9.77. The molecule has 4 N–H and O–H groups in total. The number of carbonyl (C=O) groups excluding carboxylic acids is 3. The quantitative estimate of drug-likeness (QED) is 0.608. The molecule has 112 valence electrons. The molecule has 4 amide bonds. The van der Waals surface area contributed by atoms with Crippen molar-refractivity contribution in [3.8, 4) is 0 Å². The van der Waals surface area contributed by atoms with E-state index in [0.717, 1.165) is 17.7 Å². The highest BCUT2D eigenvalue weighted by molar-refractivity contribution is 6.09. The summed E-state index contributed by atoms with van der Waals surface area (Å²) in [4.78, 5) is 37.0. The van der Waals surface area contributed by atoms with Crippen molar-refractivity contribution in [2.24, 2.45) is 11.7 Å². The van der Waals surface area contributed by atoms with Crippen molar-refractivity contribution in [1.82, 2.24) is 15.5 Å². The number of nitrogens with two attached hydrogens (primary N) is 1. The predicted molar refractivity (Wildman–Crippen MR) is 72.7 cm³/mol. The van der Waals surface area contributed by atoms with Gasteiger partial charge in [0.1, 0.15) is 12.1 Å². The van der Waals surface area contributed by atoms with E-state index < -0.39 is 11.6 Å². The summed E-state index contributed by atoms with van der Waals surface area (Å²) in [6.07, 6.45) is 3.14. The summed E-state index contributed by atoms with van der Waals surface area (Å²) in [5.74, 6) is -0.0512. The number of rotatable bonds is 4. The van der Waals surface area contributed by atoms with Crippen LogP contribution in [0.25, 0.3) is 0 Å². The molecule has 2 aliphatic rings. The SMILES string of the molecule is CC1CCC2(CC1)NC(=O)N(CC(=O)NCCN)C2=O. The summed E-state index contributed by atoms with van der Waals surface area (Å²) >= 11 is 0. The fourth-order valence-corrected chi connectivity index (χ4v) is 2.82. The van der Waals surface area contributed by atoms with E-state index >= 15 is 0 Å². The fraction of sp³-hybridized carbons (Fsp3) is 0.769. The normalized spacial score (nSPS) is 29.7. The molecule has 20 heavy (non-hydrogen) atoms. The van der Waals surface area contributed by atoms with Crippen LogP contribution in [0.2, 0.25) is 0 Å². The average molecular weight is 282 g/mol. The van der Waals surface area contributed by atoms with Gasteiger partial charge in [-0.05, 0) is 31.6 Å². The highest BCUT2D eigenvalue weighted by Gasteiger charge is 2.52. The molecule has 0 unspecified atom stereocenters. The number of hydrogen-bond acceptors (Lipinski definition) is 4. The summed E-state index contributed by atoms with van der Waals surface area (Å²) in [5.41, 5.74) is 4.51. The van der Waals surface area contributed by atoms with Crippen LogP contribution in [-0.4, -0.2) is 47.9 Å². The number of imide groups is 1. The van der Waals surface area contributed by atoms with Crippen LogP contribution >= 0.6 is 0 Å². The van der Waals surface area contributed by atoms with Crippen molar-refractivity contribution in [2.45, 2.75) is 38.1 Å². The maximum atomic E-state index is 12.4. The lowest BCUT2D eigenvalue weighted by Crippen LogP contribution is -2.50. The number of hydrogen-bond donors (Lipinski definition) is 3. The molecule has 1 heterocycles. The molecule has 1 aliphatic heterocycles. The topological polar surface area (TPSA) is 105 Å². The van der Waals surface area contributed by atoms with Gasteiger partial charge in [0, 0.05) is 13.1 Å². The van der Waals surface area contributed by atoms with E-state index in [1.165, 1.54) is 0 Å².